The number of halogens is 1. The highest BCUT2D eigenvalue weighted by Gasteiger charge is 2.21. The van der Waals surface area contributed by atoms with Crippen LogP contribution < -0.4 is 10.2 Å². The van der Waals surface area contributed by atoms with Gasteiger partial charge in [-0.2, -0.15) is 0 Å². The summed E-state index contributed by atoms with van der Waals surface area (Å²) >= 11 is 1.74. The third-order valence-corrected chi connectivity index (χ3v) is 5.37. The zero-order valence-corrected chi connectivity index (χ0v) is 19.0. The van der Waals surface area contributed by atoms with Gasteiger partial charge in [-0.1, -0.05) is 12.1 Å². The number of para-hydroxylation sites is 2. The van der Waals surface area contributed by atoms with Crippen LogP contribution in [0.4, 0.5) is 5.69 Å². The van der Waals surface area contributed by atoms with E-state index in [9.17, 15) is 5.11 Å². The lowest BCUT2D eigenvalue weighted by molar-refractivity contribution is 0.370. The van der Waals surface area contributed by atoms with Crippen molar-refractivity contribution in [3.8, 4) is 5.75 Å². The van der Waals surface area contributed by atoms with Crippen molar-refractivity contribution in [1.82, 2.24) is 15.2 Å². The minimum Gasteiger partial charge on any atom is -0.506 e. The van der Waals surface area contributed by atoms with Gasteiger partial charge in [0, 0.05) is 56.8 Å². The monoisotopic (exact) mass is 501 g/mol. The second-order valence-electron chi connectivity index (χ2n) is 6.31. The normalized spacial score (nSPS) is 14.8. The molecule has 0 unspecified atom stereocenters. The Morgan fingerprint density at radius 2 is 2.00 bits per heavy atom. The van der Waals surface area contributed by atoms with Gasteiger partial charge in [0.25, 0.3) is 0 Å². The van der Waals surface area contributed by atoms with Gasteiger partial charge >= 0.3 is 0 Å². The number of nitrogens with one attached hydrogen (secondary N) is 1. The Hall–Kier alpha value is -1.55. The van der Waals surface area contributed by atoms with Crippen LogP contribution in [-0.4, -0.2) is 60.2 Å². The molecule has 3 rings (SSSR count). The van der Waals surface area contributed by atoms with Gasteiger partial charge in [-0.15, -0.1) is 35.3 Å². The number of nitrogens with zero attached hydrogens (tertiary/aromatic N) is 4. The SMILES string of the molecule is CCNC(=NCCc1ncc(C)s1)N1CCN(c2ccccc2O)CC1.I. The first-order valence-electron chi connectivity index (χ1n) is 9.15. The number of thiazole rings is 1. The summed E-state index contributed by atoms with van der Waals surface area (Å²) in [6.45, 7) is 9.29. The zero-order chi connectivity index (χ0) is 18.4. The van der Waals surface area contributed by atoms with E-state index in [1.54, 1.807) is 17.4 Å². The Balaban J connectivity index is 0.00000261. The molecule has 148 valence electrons. The molecule has 0 amide bonds. The van der Waals surface area contributed by atoms with Crippen molar-refractivity contribution in [2.75, 3.05) is 44.2 Å². The van der Waals surface area contributed by atoms with E-state index in [4.69, 9.17) is 4.99 Å². The molecule has 0 radical (unpaired) electrons. The van der Waals surface area contributed by atoms with Crippen molar-refractivity contribution in [1.29, 1.82) is 0 Å². The molecule has 1 aromatic heterocycles. The first kappa shape index (κ1) is 21.7. The number of guanidine groups is 1. The predicted octanol–water partition coefficient (Wildman–Crippen LogP) is 3.11. The summed E-state index contributed by atoms with van der Waals surface area (Å²) < 4.78 is 0. The van der Waals surface area contributed by atoms with Crippen molar-refractivity contribution in [2.24, 2.45) is 4.99 Å². The lowest BCUT2D eigenvalue weighted by atomic mass is 10.2. The lowest BCUT2D eigenvalue weighted by Gasteiger charge is -2.37. The van der Waals surface area contributed by atoms with E-state index < -0.39 is 0 Å². The van der Waals surface area contributed by atoms with Crippen LogP contribution in [0.2, 0.25) is 0 Å². The Labute approximate surface area is 182 Å². The number of anilines is 1. The molecule has 2 heterocycles. The minimum atomic E-state index is 0. The molecule has 0 spiro atoms. The maximum absolute atomic E-state index is 10.1. The third kappa shape index (κ3) is 5.97. The second-order valence-corrected chi connectivity index (χ2v) is 7.63. The van der Waals surface area contributed by atoms with Gasteiger partial charge in [-0.3, -0.25) is 4.99 Å². The fraction of sp³-hybridized carbons (Fsp3) is 0.474. The molecule has 6 nitrogen and oxygen atoms in total. The summed E-state index contributed by atoms with van der Waals surface area (Å²) in [5.41, 5.74) is 0.910. The summed E-state index contributed by atoms with van der Waals surface area (Å²) in [6, 6.07) is 7.54. The van der Waals surface area contributed by atoms with Crippen LogP contribution in [0, 0.1) is 6.92 Å². The first-order valence-corrected chi connectivity index (χ1v) is 9.96. The first-order chi connectivity index (χ1) is 12.7. The molecular weight excluding hydrogens is 473 g/mol. The Bertz CT molecular complexity index is 743. The molecule has 0 aliphatic carbocycles. The van der Waals surface area contributed by atoms with Crippen LogP contribution in [0.3, 0.4) is 0 Å². The molecule has 1 saturated heterocycles. The number of phenols is 1. The number of aromatic nitrogens is 1. The van der Waals surface area contributed by atoms with Crippen LogP contribution in [0.15, 0.2) is 35.5 Å². The Morgan fingerprint density at radius 1 is 1.26 bits per heavy atom. The molecule has 0 saturated carbocycles. The van der Waals surface area contributed by atoms with Crippen molar-refractivity contribution in [3.05, 3.63) is 40.3 Å². The highest BCUT2D eigenvalue weighted by Crippen LogP contribution is 2.27. The zero-order valence-electron chi connectivity index (χ0n) is 15.9. The van der Waals surface area contributed by atoms with E-state index in [0.29, 0.717) is 5.75 Å². The standard InChI is InChI=1S/C19H27N5OS.HI/c1-3-20-19(21-9-8-18-22-14-15(2)26-18)24-12-10-23(11-13-24)16-6-4-5-7-17(16)25;/h4-7,14,25H,3,8-13H2,1-2H3,(H,20,21);1H. The molecule has 2 aromatic rings. The van der Waals surface area contributed by atoms with E-state index in [1.807, 2.05) is 24.4 Å². The van der Waals surface area contributed by atoms with E-state index in [1.165, 1.54) is 4.88 Å². The predicted molar refractivity (Wildman–Crippen MR) is 124 cm³/mol. The fourth-order valence-electron chi connectivity index (χ4n) is 3.09. The minimum absolute atomic E-state index is 0. The summed E-state index contributed by atoms with van der Waals surface area (Å²) in [7, 11) is 0. The molecule has 1 aliphatic rings. The van der Waals surface area contributed by atoms with Crippen molar-refractivity contribution in [3.63, 3.8) is 0 Å². The van der Waals surface area contributed by atoms with E-state index in [-0.39, 0.29) is 24.0 Å². The van der Waals surface area contributed by atoms with Crippen LogP contribution in [0.25, 0.3) is 0 Å². The van der Waals surface area contributed by atoms with Gasteiger partial charge in [0.05, 0.1) is 10.7 Å². The molecule has 0 atom stereocenters. The van der Waals surface area contributed by atoms with Gasteiger partial charge in [0.15, 0.2) is 5.96 Å². The van der Waals surface area contributed by atoms with Crippen LogP contribution in [0.5, 0.6) is 5.75 Å². The number of aryl methyl sites for hydroxylation is 1. The number of aromatic hydroxyl groups is 1. The number of piperazine rings is 1. The van der Waals surface area contributed by atoms with Crippen molar-refractivity contribution in [2.45, 2.75) is 20.3 Å². The number of benzene rings is 1. The molecule has 2 N–H and O–H groups in total. The summed E-state index contributed by atoms with van der Waals surface area (Å²) in [5.74, 6) is 1.32. The van der Waals surface area contributed by atoms with Gasteiger partial charge in [0.1, 0.15) is 5.75 Å². The van der Waals surface area contributed by atoms with Crippen molar-refractivity contribution < 1.29 is 5.11 Å². The summed E-state index contributed by atoms with van der Waals surface area (Å²) in [5, 5.41) is 14.6. The lowest BCUT2D eigenvalue weighted by Crippen LogP contribution is -2.52. The number of aliphatic imine (C=N–C) groups is 1. The molecule has 1 aromatic carbocycles. The third-order valence-electron chi connectivity index (χ3n) is 4.39. The van der Waals surface area contributed by atoms with Crippen LogP contribution in [0.1, 0.15) is 16.8 Å². The highest BCUT2D eigenvalue weighted by molar-refractivity contribution is 14.0. The molecule has 27 heavy (non-hydrogen) atoms. The average molecular weight is 501 g/mol. The van der Waals surface area contributed by atoms with Crippen molar-refractivity contribution >= 4 is 47.0 Å². The smallest absolute Gasteiger partial charge is 0.194 e. The maximum Gasteiger partial charge on any atom is 0.194 e. The largest absolute Gasteiger partial charge is 0.506 e. The van der Waals surface area contributed by atoms with E-state index in [0.717, 1.165) is 62.3 Å². The van der Waals surface area contributed by atoms with Gasteiger partial charge in [-0.05, 0) is 26.0 Å². The fourth-order valence-corrected chi connectivity index (χ4v) is 3.87. The Morgan fingerprint density at radius 3 is 2.63 bits per heavy atom. The molecule has 8 heteroatoms. The molecule has 1 aliphatic heterocycles. The average Bonchev–Trinajstić information content (AvgIpc) is 3.07. The molecule has 1 fully saturated rings. The summed E-state index contributed by atoms with van der Waals surface area (Å²) in [4.78, 5) is 15.0. The number of phenolic OH excluding ortho intramolecular Hbond substituents is 1. The van der Waals surface area contributed by atoms with Crippen LogP contribution >= 0.6 is 35.3 Å². The second kappa shape index (κ2) is 10.7. The molecule has 0 bridgehead atoms. The topological polar surface area (TPSA) is 64.0 Å². The highest BCUT2D eigenvalue weighted by atomic mass is 127. The number of rotatable bonds is 5. The van der Waals surface area contributed by atoms with E-state index in [2.05, 4.69) is 33.9 Å². The summed E-state index contributed by atoms with van der Waals surface area (Å²) in [6.07, 6.45) is 2.80. The van der Waals surface area contributed by atoms with Gasteiger partial charge < -0.3 is 20.2 Å². The number of hydrogen-bond donors (Lipinski definition) is 2. The maximum atomic E-state index is 10.1. The van der Waals surface area contributed by atoms with Crippen LogP contribution in [-0.2, 0) is 6.42 Å². The van der Waals surface area contributed by atoms with Gasteiger partial charge in [-0.25, -0.2) is 4.98 Å². The Kier molecular flexibility index (Phi) is 8.62. The number of hydrogen-bond acceptors (Lipinski definition) is 5. The van der Waals surface area contributed by atoms with Gasteiger partial charge in [0.2, 0.25) is 0 Å². The quantitative estimate of drug-likeness (QED) is 0.375. The van der Waals surface area contributed by atoms with E-state index >= 15 is 0 Å². The molecular formula is C19H28IN5OS.